The Balaban J connectivity index is 0.000000198. The Morgan fingerprint density at radius 3 is 1.57 bits per heavy atom. The fourth-order valence-electron chi connectivity index (χ4n) is 3.38. The highest BCUT2D eigenvalue weighted by atomic mass is 16.5. The van der Waals surface area contributed by atoms with Crippen LogP contribution in [0.15, 0.2) is 109 Å². The lowest BCUT2D eigenvalue weighted by Gasteiger charge is -2.17. The molecule has 178 valence electrons. The summed E-state index contributed by atoms with van der Waals surface area (Å²) in [6.45, 7) is 2.62. The second-order valence-electron chi connectivity index (χ2n) is 7.96. The van der Waals surface area contributed by atoms with Crippen LogP contribution in [-0.2, 0) is 4.74 Å². The first-order valence-corrected chi connectivity index (χ1v) is 11.5. The summed E-state index contributed by atoms with van der Waals surface area (Å²) >= 11 is 0. The summed E-state index contributed by atoms with van der Waals surface area (Å²) in [4.78, 5) is 24.5. The smallest absolute Gasteiger partial charge is 0.196 e. The molecule has 1 unspecified atom stereocenters. The molecule has 4 aromatic rings. The molecule has 4 rings (SSSR count). The molecule has 1 atom stereocenters. The number of carbonyl (C=O) groups excluding carboxylic acids is 2. The van der Waals surface area contributed by atoms with Gasteiger partial charge in [0, 0.05) is 34.7 Å². The second-order valence-corrected chi connectivity index (χ2v) is 7.96. The van der Waals surface area contributed by atoms with Gasteiger partial charge in [0.1, 0.15) is 6.10 Å². The molecule has 0 amide bonds. The maximum absolute atomic E-state index is 12.5. The molecule has 5 nitrogen and oxygen atoms in total. The maximum Gasteiger partial charge on any atom is 0.196 e. The van der Waals surface area contributed by atoms with E-state index in [0.29, 0.717) is 34.7 Å². The van der Waals surface area contributed by atoms with Gasteiger partial charge in [0.2, 0.25) is 0 Å². The lowest BCUT2D eigenvalue weighted by Crippen LogP contribution is -2.17. The Morgan fingerprint density at radius 2 is 1.11 bits per heavy atom. The predicted molar refractivity (Wildman–Crippen MR) is 141 cm³/mol. The first-order valence-electron chi connectivity index (χ1n) is 11.5. The van der Waals surface area contributed by atoms with E-state index in [9.17, 15) is 9.59 Å². The molecule has 0 heterocycles. The van der Waals surface area contributed by atoms with E-state index in [-0.39, 0.29) is 11.6 Å². The van der Waals surface area contributed by atoms with Gasteiger partial charge in [-0.25, -0.2) is 0 Å². The molecule has 0 aromatic heterocycles. The van der Waals surface area contributed by atoms with Crippen LogP contribution < -0.4 is 11.5 Å². The van der Waals surface area contributed by atoms with Gasteiger partial charge >= 0.3 is 0 Å². The zero-order valence-electron chi connectivity index (χ0n) is 19.8. The Labute approximate surface area is 206 Å². The molecule has 0 spiro atoms. The molecule has 0 radical (unpaired) electrons. The molecular weight excluding hydrogens is 436 g/mol. The quantitative estimate of drug-likeness (QED) is 0.241. The minimum atomic E-state index is -0.511. The number of benzene rings is 4. The highest BCUT2D eigenvalue weighted by Crippen LogP contribution is 2.22. The van der Waals surface area contributed by atoms with E-state index in [1.165, 1.54) is 0 Å². The molecule has 0 saturated carbocycles. The topological polar surface area (TPSA) is 95.4 Å². The van der Waals surface area contributed by atoms with Gasteiger partial charge in [-0.1, -0.05) is 67.6 Å². The molecule has 4 aromatic carbocycles. The lowest BCUT2D eigenvalue weighted by molar-refractivity contribution is 0.0407. The number of anilines is 2. The van der Waals surface area contributed by atoms with Crippen molar-refractivity contribution in [2.45, 2.75) is 19.4 Å². The zero-order valence-corrected chi connectivity index (χ0v) is 19.8. The molecule has 0 aliphatic carbocycles. The predicted octanol–water partition coefficient (Wildman–Crippen LogP) is 6.12. The van der Waals surface area contributed by atoms with Gasteiger partial charge in [-0.3, -0.25) is 9.59 Å². The molecular formula is C30H30N2O3. The van der Waals surface area contributed by atoms with Crippen molar-refractivity contribution in [3.05, 3.63) is 131 Å². The molecule has 0 aliphatic rings. The van der Waals surface area contributed by atoms with Crippen molar-refractivity contribution >= 4 is 22.9 Å². The van der Waals surface area contributed by atoms with E-state index in [0.717, 1.165) is 12.0 Å². The molecule has 5 heteroatoms. The van der Waals surface area contributed by atoms with Crippen molar-refractivity contribution < 1.29 is 14.3 Å². The number of ketones is 2. The summed E-state index contributed by atoms with van der Waals surface area (Å²) in [5.41, 5.74) is 15.3. The number of hydrogen-bond donors (Lipinski definition) is 2. The van der Waals surface area contributed by atoms with Gasteiger partial charge in [-0.2, -0.15) is 0 Å². The van der Waals surface area contributed by atoms with Crippen molar-refractivity contribution in [2.24, 2.45) is 0 Å². The Morgan fingerprint density at radius 1 is 0.657 bits per heavy atom. The van der Waals surface area contributed by atoms with E-state index in [1.807, 2.05) is 67.6 Å². The Kier molecular flexibility index (Phi) is 9.34. The highest BCUT2D eigenvalue weighted by Gasteiger charge is 2.22. The van der Waals surface area contributed by atoms with E-state index in [1.54, 1.807) is 48.5 Å². The van der Waals surface area contributed by atoms with Crippen LogP contribution in [0.25, 0.3) is 0 Å². The van der Waals surface area contributed by atoms with Crippen molar-refractivity contribution in [1.82, 2.24) is 0 Å². The summed E-state index contributed by atoms with van der Waals surface area (Å²) in [5, 5.41) is 0. The minimum Gasteiger partial charge on any atom is -0.399 e. The number of Topliss-reactive ketones (excluding diaryl/α,β-unsaturated/α-hetero) is 1. The van der Waals surface area contributed by atoms with Crippen molar-refractivity contribution in [1.29, 1.82) is 0 Å². The number of hydrogen-bond acceptors (Lipinski definition) is 5. The monoisotopic (exact) mass is 466 g/mol. The van der Waals surface area contributed by atoms with E-state index < -0.39 is 6.10 Å². The van der Waals surface area contributed by atoms with Crippen LogP contribution in [0.5, 0.6) is 0 Å². The van der Waals surface area contributed by atoms with Crippen molar-refractivity contribution in [3.8, 4) is 0 Å². The summed E-state index contributed by atoms with van der Waals surface area (Å²) in [7, 11) is 0. The molecule has 0 fully saturated rings. The van der Waals surface area contributed by atoms with Gasteiger partial charge in [-0.05, 0) is 60.5 Å². The number of nitrogens with two attached hydrogens (primary N) is 2. The normalized spacial score (nSPS) is 11.1. The fourth-order valence-corrected chi connectivity index (χ4v) is 3.38. The highest BCUT2D eigenvalue weighted by molar-refractivity contribution is 6.09. The van der Waals surface area contributed by atoms with Gasteiger partial charge in [-0.15, -0.1) is 0 Å². The largest absolute Gasteiger partial charge is 0.399 e. The van der Waals surface area contributed by atoms with Crippen LogP contribution in [0.4, 0.5) is 11.4 Å². The second kappa shape index (κ2) is 12.9. The summed E-state index contributed by atoms with van der Waals surface area (Å²) < 4.78 is 5.74. The minimum absolute atomic E-state index is 0.0141. The first-order chi connectivity index (χ1) is 17.0. The molecule has 0 saturated heterocycles. The first kappa shape index (κ1) is 25.4. The molecule has 0 bridgehead atoms. The van der Waals surface area contributed by atoms with Gasteiger partial charge < -0.3 is 16.2 Å². The lowest BCUT2D eigenvalue weighted by atomic mass is 10.00. The van der Waals surface area contributed by atoms with Crippen molar-refractivity contribution in [2.75, 3.05) is 18.1 Å². The summed E-state index contributed by atoms with van der Waals surface area (Å²) in [6, 6.07) is 32.7. The molecule has 4 N–H and O–H groups in total. The number of nitrogen functional groups attached to an aromatic ring is 2. The zero-order chi connectivity index (χ0) is 25.0. The number of rotatable bonds is 8. The molecule has 35 heavy (non-hydrogen) atoms. The average Bonchev–Trinajstić information content (AvgIpc) is 2.91. The van der Waals surface area contributed by atoms with Crippen molar-refractivity contribution in [3.63, 3.8) is 0 Å². The molecule has 0 aliphatic heterocycles. The van der Waals surface area contributed by atoms with Crippen LogP contribution in [0, 0.1) is 0 Å². The van der Waals surface area contributed by atoms with Crippen LogP contribution >= 0.6 is 0 Å². The third-order valence-electron chi connectivity index (χ3n) is 5.23. The Hall–Kier alpha value is -4.22. The van der Waals surface area contributed by atoms with Gasteiger partial charge in [0.05, 0.1) is 0 Å². The summed E-state index contributed by atoms with van der Waals surface area (Å²) in [6.07, 6.45) is 0.384. The third kappa shape index (κ3) is 7.39. The van der Waals surface area contributed by atoms with Crippen LogP contribution in [0.2, 0.25) is 0 Å². The third-order valence-corrected chi connectivity index (χ3v) is 5.23. The van der Waals surface area contributed by atoms with Crippen LogP contribution in [0.1, 0.15) is 51.3 Å². The maximum atomic E-state index is 12.5. The van der Waals surface area contributed by atoms with E-state index >= 15 is 0 Å². The van der Waals surface area contributed by atoms with Gasteiger partial charge in [0.25, 0.3) is 0 Å². The van der Waals surface area contributed by atoms with Crippen LogP contribution in [0.3, 0.4) is 0 Å². The average molecular weight is 467 g/mol. The Bertz CT molecular complexity index is 1160. The van der Waals surface area contributed by atoms with E-state index in [4.69, 9.17) is 16.2 Å². The summed E-state index contributed by atoms with van der Waals surface area (Å²) in [5.74, 6) is -0.0137. The SMILES string of the molecule is CCCOC(C(=O)c1ccccc1)c1ccccc1.Nc1ccc(C(=O)c2ccc(N)cc2)cc1. The van der Waals surface area contributed by atoms with Gasteiger partial charge in [0.15, 0.2) is 11.6 Å². The number of carbonyl (C=O) groups is 2. The van der Waals surface area contributed by atoms with Crippen LogP contribution in [-0.4, -0.2) is 18.2 Å². The fraction of sp³-hybridized carbons (Fsp3) is 0.133. The standard InChI is InChI=1S/C17H18O2.C13H12N2O/c1-2-13-19-17(15-11-7-4-8-12-15)16(18)14-9-5-3-6-10-14;14-11-5-1-9(2-6-11)13(16)10-3-7-12(15)8-4-10/h3-12,17H,2,13H2,1H3;1-8H,14-15H2. The van der Waals surface area contributed by atoms with E-state index in [2.05, 4.69) is 0 Å². The number of ether oxygens (including phenoxy) is 1.